The van der Waals surface area contributed by atoms with Gasteiger partial charge in [0.2, 0.25) is 0 Å². The van der Waals surface area contributed by atoms with E-state index < -0.39 is 15.8 Å². The van der Waals surface area contributed by atoms with Gasteiger partial charge in [0.1, 0.15) is 13.9 Å². The molecule has 1 unspecified atom stereocenters. The molecular weight excluding hydrogens is 430 g/mol. The van der Waals surface area contributed by atoms with Crippen LogP contribution in [0.15, 0.2) is 0 Å². The van der Waals surface area contributed by atoms with Gasteiger partial charge in [0, 0.05) is 5.41 Å². The van der Waals surface area contributed by atoms with E-state index in [-0.39, 0.29) is 11.4 Å². The third-order valence-electron chi connectivity index (χ3n) is 8.10. The van der Waals surface area contributed by atoms with Crippen LogP contribution >= 0.6 is 35.7 Å². The Bertz CT molecular complexity index is 704. The molecule has 0 N–H and O–H groups in total. The van der Waals surface area contributed by atoms with Crippen molar-refractivity contribution in [3.63, 3.8) is 0 Å². The lowest BCUT2D eigenvalue weighted by atomic mass is 9.46. The first-order valence-corrected chi connectivity index (χ1v) is 13.7. The molecule has 4 saturated carbocycles. The highest BCUT2D eigenvalue weighted by molar-refractivity contribution is 8.47. The molecule has 4 fully saturated rings. The van der Waals surface area contributed by atoms with Crippen LogP contribution in [0.25, 0.3) is 0 Å². The summed E-state index contributed by atoms with van der Waals surface area (Å²) >= 11 is 8.40. The third kappa shape index (κ3) is 4.89. The topological polar surface area (TPSA) is 50.1 Å². The molecule has 4 aliphatic rings. The number of thioether (sulfide) groups is 2. The lowest BCUT2D eigenvalue weighted by molar-refractivity contribution is -0.200. The number of thiocarbonyl (C=S) groups is 1. The van der Waals surface area contributed by atoms with Gasteiger partial charge in [-0.25, -0.2) is 0 Å². The highest BCUT2D eigenvalue weighted by Crippen LogP contribution is 2.64. The number of ether oxygens (including phenoxy) is 1. The molecule has 0 saturated heterocycles. The highest BCUT2D eigenvalue weighted by Gasteiger charge is 2.59. The fourth-order valence-electron chi connectivity index (χ4n) is 6.32. The quantitative estimate of drug-likeness (QED) is 0.297. The lowest BCUT2D eigenvalue weighted by Crippen LogP contribution is -2.58. The second kappa shape index (κ2) is 8.60. The molecule has 4 rings (SSSR count). The molecule has 1 atom stereocenters. The van der Waals surface area contributed by atoms with E-state index in [1.54, 1.807) is 0 Å². The Labute approximate surface area is 196 Å². The SMILES string of the molecule is CSC(=S)SC(C)(CCC(C)(C)C#N)C(=O)OC(C)(C)C12CC3CC(CC(C3)C1)C2. The number of carbonyl (C=O) groups is 1. The van der Waals surface area contributed by atoms with Crippen molar-refractivity contribution in [1.82, 2.24) is 0 Å². The second-order valence-electron chi connectivity index (χ2n) is 11.4. The van der Waals surface area contributed by atoms with Crippen molar-refractivity contribution in [2.24, 2.45) is 28.6 Å². The zero-order valence-corrected chi connectivity index (χ0v) is 21.8. The van der Waals surface area contributed by atoms with E-state index in [0.717, 1.165) is 21.3 Å². The molecule has 0 aliphatic heterocycles. The molecule has 3 nitrogen and oxygen atoms in total. The van der Waals surface area contributed by atoms with Crippen molar-refractivity contribution in [3.8, 4) is 6.07 Å². The van der Waals surface area contributed by atoms with Crippen molar-refractivity contribution in [2.75, 3.05) is 6.26 Å². The van der Waals surface area contributed by atoms with Gasteiger partial charge in [0.15, 0.2) is 0 Å². The fourth-order valence-corrected chi connectivity index (χ4v) is 8.46. The molecule has 4 aliphatic carbocycles. The minimum atomic E-state index is -0.770. The van der Waals surface area contributed by atoms with Gasteiger partial charge in [0.05, 0.1) is 11.5 Å². The number of nitriles is 1. The molecule has 6 heteroatoms. The van der Waals surface area contributed by atoms with Gasteiger partial charge in [-0.1, -0.05) is 24.0 Å². The van der Waals surface area contributed by atoms with Gasteiger partial charge >= 0.3 is 5.97 Å². The maximum absolute atomic E-state index is 13.6. The first-order valence-electron chi connectivity index (χ1n) is 11.3. The van der Waals surface area contributed by atoms with Gasteiger partial charge < -0.3 is 4.74 Å². The molecule has 0 aromatic rings. The maximum atomic E-state index is 13.6. The summed E-state index contributed by atoms with van der Waals surface area (Å²) in [5, 5.41) is 9.44. The van der Waals surface area contributed by atoms with E-state index in [1.807, 2.05) is 27.0 Å². The van der Waals surface area contributed by atoms with Gasteiger partial charge in [-0.2, -0.15) is 5.26 Å². The summed E-state index contributed by atoms with van der Waals surface area (Å²) in [6.45, 7) is 10.1. The summed E-state index contributed by atoms with van der Waals surface area (Å²) in [5.41, 5.74) is -0.832. The van der Waals surface area contributed by atoms with Crippen molar-refractivity contribution in [1.29, 1.82) is 5.26 Å². The average Bonchev–Trinajstić information content (AvgIpc) is 2.65. The highest BCUT2D eigenvalue weighted by atomic mass is 32.2. The standard InChI is InChI=1S/C24H37NO2S3/c1-21(2,15-25)7-8-23(5,30-20(28)29-6)19(26)27-22(3,4)24-12-16-9-17(13-24)11-18(10-16)14-24/h16-18H,7-14H2,1-6H3. The predicted molar refractivity (Wildman–Crippen MR) is 132 cm³/mol. The van der Waals surface area contributed by atoms with E-state index >= 15 is 0 Å². The molecule has 0 amide bonds. The summed E-state index contributed by atoms with van der Waals surface area (Å²) < 4.78 is 6.40. The Morgan fingerprint density at radius 1 is 1.07 bits per heavy atom. The van der Waals surface area contributed by atoms with E-state index in [4.69, 9.17) is 17.0 Å². The molecule has 0 aromatic carbocycles. The Morgan fingerprint density at radius 3 is 2.00 bits per heavy atom. The molecule has 30 heavy (non-hydrogen) atoms. The molecule has 0 aromatic heterocycles. The summed E-state index contributed by atoms with van der Waals surface area (Å²) in [5.74, 6) is 2.28. The number of carbonyl (C=O) groups excluding carboxylic acids is 1. The zero-order chi connectivity index (χ0) is 22.4. The third-order valence-corrected chi connectivity index (χ3v) is 10.9. The molecule has 0 radical (unpaired) electrons. The minimum absolute atomic E-state index is 0.120. The van der Waals surface area contributed by atoms with Crippen LogP contribution in [0.4, 0.5) is 0 Å². The molecular formula is C24H37NO2S3. The van der Waals surface area contributed by atoms with Crippen molar-refractivity contribution >= 4 is 45.2 Å². The minimum Gasteiger partial charge on any atom is -0.458 e. The smallest absolute Gasteiger partial charge is 0.322 e. The average molecular weight is 468 g/mol. The van der Waals surface area contributed by atoms with Crippen LogP contribution in [-0.4, -0.2) is 26.1 Å². The van der Waals surface area contributed by atoms with Gasteiger partial charge in [-0.05, 0) is 110 Å². The maximum Gasteiger partial charge on any atom is 0.322 e. The second-order valence-corrected chi connectivity index (χ2v) is 14.9. The largest absolute Gasteiger partial charge is 0.458 e. The van der Waals surface area contributed by atoms with Crippen molar-refractivity contribution in [2.45, 2.75) is 96.3 Å². The first-order chi connectivity index (χ1) is 13.8. The lowest BCUT2D eigenvalue weighted by Gasteiger charge is -2.61. The summed E-state index contributed by atoms with van der Waals surface area (Å²) in [6.07, 6.45) is 10.9. The van der Waals surface area contributed by atoms with Crippen LogP contribution < -0.4 is 0 Å². The van der Waals surface area contributed by atoms with Gasteiger partial charge in [-0.15, -0.1) is 11.8 Å². The van der Waals surface area contributed by atoms with Crippen LogP contribution in [0.2, 0.25) is 0 Å². The zero-order valence-electron chi connectivity index (χ0n) is 19.4. The normalized spacial score (nSPS) is 32.4. The van der Waals surface area contributed by atoms with Crippen LogP contribution in [0, 0.1) is 39.9 Å². The van der Waals surface area contributed by atoms with Crippen molar-refractivity contribution < 1.29 is 9.53 Å². The van der Waals surface area contributed by atoms with Crippen LogP contribution in [-0.2, 0) is 9.53 Å². The first kappa shape index (κ1) is 24.4. The number of hydrogen-bond acceptors (Lipinski definition) is 6. The number of hydrogen-bond donors (Lipinski definition) is 0. The number of nitrogens with zero attached hydrogens (tertiary/aromatic N) is 1. The summed E-state index contributed by atoms with van der Waals surface area (Å²) in [4.78, 5) is 13.6. The monoisotopic (exact) mass is 467 g/mol. The van der Waals surface area contributed by atoms with E-state index in [2.05, 4.69) is 19.9 Å². The Hall–Kier alpha value is -0.250. The van der Waals surface area contributed by atoms with E-state index in [1.165, 1.54) is 62.0 Å². The number of esters is 1. The van der Waals surface area contributed by atoms with Crippen LogP contribution in [0.1, 0.15) is 86.0 Å². The molecule has 0 heterocycles. The Kier molecular flexibility index (Phi) is 6.99. The molecule has 4 bridgehead atoms. The van der Waals surface area contributed by atoms with Crippen LogP contribution in [0.5, 0.6) is 0 Å². The fraction of sp³-hybridized carbons (Fsp3) is 0.875. The molecule has 0 spiro atoms. The summed E-state index contributed by atoms with van der Waals surface area (Å²) in [6, 6.07) is 2.36. The van der Waals surface area contributed by atoms with E-state index in [9.17, 15) is 10.1 Å². The number of rotatable bonds is 7. The van der Waals surface area contributed by atoms with Gasteiger partial charge in [0.25, 0.3) is 0 Å². The predicted octanol–water partition coefficient (Wildman–Crippen LogP) is 6.99. The summed E-state index contributed by atoms with van der Waals surface area (Å²) in [7, 11) is 0. The van der Waals surface area contributed by atoms with E-state index in [0.29, 0.717) is 12.8 Å². The Balaban J connectivity index is 1.78. The van der Waals surface area contributed by atoms with Gasteiger partial charge in [-0.3, -0.25) is 4.79 Å². The Morgan fingerprint density at radius 2 is 1.57 bits per heavy atom. The molecule has 168 valence electrons. The van der Waals surface area contributed by atoms with Crippen LogP contribution in [0.3, 0.4) is 0 Å². The van der Waals surface area contributed by atoms with Crippen molar-refractivity contribution in [3.05, 3.63) is 0 Å².